The van der Waals surface area contributed by atoms with E-state index in [1.807, 2.05) is 32.9 Å². The molecule has 1 fully saturated rings. The molecule has 1 heterocycles. The predicted molar refractivity (Wildman–Crippen MR) is 82.3 cm³/mol. The number of nitrogens with zero attached hydrogens (tertiary/aromatic N) is 1. The van der Waals surface area contributed by atoms with E-state index in [-0.39, 0.29) is 12.1 Å². The molecule has 1 aliphatic rings. The van der Waals surface area contributed by atoms with Gasteiger partial charge in [0, 0.05) is 12.2 Å². The van der Waals surface area contributed by atoms with E-state index in [2.05, 4.69) is 0 Å². The van der Waals surface area contributed by atoms with Crippen LogP contribution in [0.3, 0.4) is 0 Å². The summed E-state index contributed by atoms with van der Waals surface area (Å²) in [6.07, 6.45) is 1.66. The Kier molecular flexibility index (Phi) is 4.60. The molecule has 1 saturated heterocycles. The van der Waals surface area contributed by atoms with Crippen LogP contribution >= 0.6 is 0 Å². The van der Waals surface area contributed by atoms with Gasteiger partial charge in [-0.15, -0.1) is 0 Å². The van der Waals surface area contributed by atoms with Crippen LogP contribution < -0.4 is 10.5 Å². The minimum absolute atomic E-state index is 0.0670. The summed E-state index contributed by atoms with van der Waals surface area (Å²) in [6, 6.07) is 7.34. The van der Waals surface area contributed by atoms with Crippen molar-refractivity contribution in [1.82, 2.24) is 4.90 Å². The van der Waals surface area contributed by atoms with Gasteiger partial charge in [0.05, 0.1) is 6.04 Å². The highest BCUT2D eigenvalue weighted by Crippen LogP contribution is 2.22. The van der Waals surface area contributed by atoms with Crippen LogP contribution in [0, 0.1) is 0 Å². The molecule has 0 aliphatic carbocycles. The number of likely N-dealkylation sites (tertiary alicyclic amines) is 1. The van der Waals surface area contributed by atoms with Crippen LogP contribution in [-0.2, 0) is 4.74 Å². The van der Waals surface area contributed by atoms with E-state index in [0.29, 0.717) is 12.3 Å². The maximum absolute atomic E-state index is 12.2. The van der Waals surface area contributed by atoms with Gasteiger partial charge in [-0.25, -0.2) is 4.79 Å². The minimum atomic E-state index is -0.470. The lowest BCUT2D eigenvalue weighted by Gasteiger charge is -2.28. The van der Waals surface area contributed by atoms with Crippen LogP contribution in [0.5, 0.6) is 5.75 Å². The standard InChI is InChI=1S/C16H24N2O3/c1-16(2,3)21-15(19)18-10-4-5-13(18)11-20-14-8-6-12(17)7-9-14/h6-9,13H,4-5,10-11,17H2,1-3H3. The summed E-state index contributed by atoms with van der Waals surface area (Å²) in [5.74, 6) is 0.764. The Bertz CT molecular complexity index is 479. The van der Waals surface area contributed by atoms with Gasteiger partial charge < -0.3 is 20.1 Å². The third kappa shape index (κ3) is 4.55. The molecule has 0 spiro atoms. The molecule has 1 amide bonds. The normalized spacial score (nSPS) is 18.6. The zero-order chi connectivity index (χ0) is 15.5. The number of hydrogen-bond acceptors (Lipinski definition) is 4. The number of benzene rings is 1. The Morgan fingerprint density at radius 3 is 2.62 bits per heavy atom. The Hall–Kier alpha value is -1.91. The van der Waals surface area contributed by atoms with E-state index in [1.54, 1.807) is 17.0 Å². The van der Waals surface area contributed by atoms with Gasteiger partial charge >= 0.3 is 6.09 Å². The third-order valence-electron chi connectivity index (χ3n) is 3.33. The molecular weight excluding hydrogens is 268 g/mol. The molecule has 0 bridgehead atoms. The number of nitrogens with two attached hydrogens (primary N) is 1. The fourth-order valence-corrected chi connectivity index (χ4v) is 2.33. The average Bonchev–Trinajstić information content (AvgIpc) is 2.84. The summed E-state index contributed by atoms with van der Waals surface area (Å²) in [5.41, 5.74) is 5.88. The first-order valence-electron chi connectivity index (χ1n) is 7.33. The quantitative estimate of drug-likeness (QED) is 0.870. The van der Waals surface area contributed by atoms with E-state index in [9.17, 15) is 4.79 Å². The number of rotatable bonds is 3. The van der Waals surface area contributed by atoms with Gasteiger partial charge in [-0.05, 0) is 57.9 Å². The van der Waals surface area contributed by atoms with E-state index in [1.165, 1.54) is 0 Å². The van der Waals surface area contributed by atoms with Crippen LogP contribution in [0.15, 0.2) is 24.3 Å². The number of ether oxygens (including phenoxy) is 2. The van der Waals surface area contributed by atoms with Crippen molar-refractivity contribution in [3.05, 3.63) is 24.3 Å². The van der Waals surface area contributed by atoms with E-state index < -0.39 is 5.60 Å². The summed E-state index contributed by atoms with van der Waals surface area (Å²) < 4.78 is 11.2. The summed E-state index contributed by atoms with van der Waals surface area (Å²) >= 11 is 0. The highest BCUT2D eigenvalue weighted by Gasteiger charge is 2.32. The highest BCUT2D eigenvalue weighted by molar-refractivity contribution is 5.69. The molecule has 0 saturated carbocycles. The van der Waals surface area contributed by atoms with E-state index in [0.717, 1.165) is 25.1 Å². The molecule has 1 aliphatic heterocycles. The number of carbonyl (C=O) groups is 1. The fraction of sp³-hybridized carbons (Fsp3) is 0.562. The largest absolute Gasteiger partial charge is 0.491 e. The lowest BCUT2D eigenvalue weighted by molar-refractivity contribution is 0.0187. The van der Waals surface area contributed by atoms with E-state index >= 15 is 0 Å². The monoisotopic (exact) mass is 292 g/mol. The number of nitrogen functional groups attached to an aromatic ring is 1. The van der Waals surface area contributed by atoms with Crippen molar-refractivity contribution < 1.29 is 14.3 Å². The Morgan fingerprint density at radius 2 is 2.00 bits per heavy atom. The van der Waals surface area contributed by atoms with Crippen LogP contribution in [-0.4, -0.2) is 35.8 Å². The summed E-state index contributed by atoms with van der Waals surface area (Å²) in [4.78, 5) is 13.9. The van der Waals surface area contributed by atoms with Crippen molar-refractivity contribution >= 4 is 11.8 Å². The molecule has 1 aromatic rings. The molecule has 21 heavy (non-hydrogen) atoms. The van der Waals surface area contributed by atoms with Crippen molar-refractivity contribution in [2.75, 3.05) is 18.9 Å². The lowest BCUT2D eigenvalue weighted by atomic mass is 10.2. The second kappa shape index (κ2) is 6.24. The third-order valence-corrected chi connectivity index (χ3v) is 3.33. The molecule has 5 nitrogen and oxygen atoms in total. The van der Waals surface area contributed by atoms with E-state index in [4.69, 9.17) is 15.2 Å². The number of anilines is 1. The molecule has 1 atom stereocenters. The highest BCUT2D eigenvalue weighted by atomic mass is 16.6. The molecule has 0 aromatic heterocycles. The smallest absolute Gasteiger partial charge is 0.410 e. The average molecular weight is 292 g/mol. The summed E-state index contributed by atoms with van der Waals surface area (Å²) in [5, 5.41) is 0. The van der Waals surface area contributed by atoms with Crippen LogP contribution in [0.4, 0.5) is 10.5 Å². The zero-order valence-corrected chi connectivity index (χ0v) is 13.0. The van der Waals surface area contributed by atoms with Crippen LogP contribution in [0.2, 0.25) is 0 Å². The lowest BCUT2D eigenvalue weighted by Crippen LogP contribution is -2.42. The molecule has 5 heteroatoms. The molecule has 2 N–H and O–H groups in total. The first kappa shape index (κ1) is 15.5. The topological polar surface area (TPSA) is 64.8 Å². The van der Waals surface area contributed by atoms with Crippen molar-refractivity contribution in [2.45, 2.75) is 45.3 Å². The Morgan fingerprint density at radius 1 is 1.33 bits per heavy atom. The van der Waals surface area contributed by atoms with Crippen LogP contribution in [0.1, 0.15) is 33.6 Å². The molecule has 0 radical (unpaired) electrons. The van der Waals surface area contributed by atoms with Gasteiger partial charge in [-0.1, -0.05) is 0 Å². The summed E-state index contributed by atoms with van der Waals surface area (Å²) in [7, 11) is 0. The van der Waals surface area contributed by atoms with Gasteiger partial charge in [0.1, 0.15) is 18.0 Å². The van der Waals surface area contributed by atoms with Crippen LogP contribution in [0.25, 0.3) is 0 Å². The predicted octanol–water partition coefficient (Wildman–Crippen LogP) is 3.05. The maximum Gasteiger partial charge on any atom is 0.410 e. The first-order valence-corrected chi connectivity index (χ1v) is 7.33. The fourth-order valence-electron chi connectivity index (χ4n) is 2.33. The Balaban J connectivity index is 1.90. The molecule has 2 rings (SSSR count). The van der Waals surface area contributed by atoms with Gasteiger partial charge in [-0.2, -0.15) is 0 Å². The van der Waals surface area contributed by atoms with Gasteiger partial charge in [0.15, 0.2) is 0 Å². The second-order valence-electron chi connectivity index (χ2n) is 6.35. The second-order valence-corrected chi connectivity index (χ2v) is 6.35. The number of amides is 1. The molecule has 1 aromatic carbocycles. The number of hydrogen-bond donors (Lipinski definition) is 1. The van der Waals surface area contributed by atoms with Crippen molar-refractivity contribution in [2.24, 2.45) is 0 Å². The molecule has 116 valence electrons. The van der Waals surface area contributed by atoms with Crippen molar-refractivity contribution in [1.29, 1.82) is 0 Å². The maximum atomic E-state index is 12.2. The van der Waals surface area contributed by atoms with Gasteiger partial charge in [0.2, 0.25) is 0 Å². The van der Waals surface area contributed by atoms with Gasteiger partial charge in [0.25, 0.3) is 0 Å². The molecular formula is C16H24N2O3. The van der Waals surface area contributed by atoms with Crippen molar-refractivity contribution in [3.63, 3.8) is 0 Å². The first-order chi connectivity index (χ1) is 9.85. The number of carbonyl (C=O) groups excluding carboxylic acids is 1. The summed E-state index contributed by atoms with van der Waals surface area (Å²) in [6.45, 7) is 6.83. The molecule has 1 unspecified atom stereocenters. The minimum Gasteiger partial charge on any atom is -0.491 e. The zero-order valence-electron chi connectivity index (χ0n) is 13.0. The van der Waals surface area contributed by atoms with Crippen molar-refractivity contribution in [3.8, 4) is 5.75 Å². The Labute approximate surface area is 126 Å². The van der Waals surface area contributed by atoms with Gasteiger partial charge in [-0.3, -0.25) is 0 Å². The SMILES string of the molecule is CC(C)(C)OC(=O)N1CCCC1COc1ccc(N)cc1.